The predicted octanol–water partition coefficient (Wildman–Crippen LogP) is 3.89. The van der Waals surface area contributed by atoms with Crippen molar-refractivity contribution in [1.82, 2.24) is 0 Å². The van der Waals surface area contributed by atoms with E-state index in [0.29, 0.717) is 0 Å². The third kappa shape index (κ3) is 12.4. The van der Waals surface area contributed by atoms with Gasteiger partial charge in [0.2, 0.25) is 0 Å². The summed E-state index contributed by atoms with van der Waals surface area (Å²) in [6.07, 6.45) is 8.02. The molecule has 0 saturated carbocycles. The van der Waals surface area contributed by atoms with Crippen molar-refractivity contribution in [2.24, 2.45) is 5.41 Å². The molecule has 7 nitrogen and oxygen atoms in total. The molecule has 0 aliphatic rings. The molecular formula is C23H38O7. The fourth-order valence-corrected chi connectivity index (χ4v) is 2.47. The normalized spacial score (nSPS) is 10.9. The van der Waals surface area contributed by atoms with E-state index in [-0.39, 0.29) is 37.6 Å². The van der Waals surface area contributed by atoms with Crippen molar-refractivity contribution in [2.45, 2.75) is 72.1 Å². The Balaban J connectivity index is 4.44. The number of hydrogen-bond donors (Lipinski definition) is 1. The Morgan fingerprint density at radius 1 is 0.733 bits per heavy atom. The Morgan fingerprint density at radius 3 is 1.53 bits per heavy atom. The molecule has 0 aromatic heterocycles. The smallest absolute Gasteiger partial charge is 0.333 e. The highest BCUT2D eigenvalue weighted by molar-refractivity contribution is 5.88. The third-order valence-electron chi connectivity index (χ3n) is 4.52. The van der Waals surface area contributed by atoms with Crippen LogP contribution < -0.4 is 0 Å². The quantitative estimate of drug-likeness (QED) is 0.163. The van der Waals surface area contributed by atoms with E-state index >= 15 is 0 Å². The Hall–Kier alpha value is -2.15. The fourth-order valence-electron chi connectivity index (χ4n) is 2.47. The van der Waals surface area contributed by atoms with Gasteiger partial charge < -0.3 is 19.3 Å². The highest BCUT2D eigenvalue weighted by Gasteiger charge is 2.38. The average Bonchev–Trinajstić information content (AvgIpc) is 2.71. The second kappa shape index (κ2) is 15.7. The van der Waals surface area contributed by atoms with Crippen LogP contribution in [0.3, 0.4) is 0 Å². The van der Waals surface area contributed by atoms with Gasteiger partial charge in [-0.2, -0.15) is 0 Å². The maximum absolute atomic E-state index is 12.6. The minimum Gasteiger partial charge on any atom is -0.465 e. The lowest BCUT2D eigenvalue weighted by Gasteiger charge is -2.26. The summed E-state index contributed by atoms with van der Waals surface area (Å²) in [7, 11) is 0. The van der Waals surface area contributed by atoms with E-state index in [1.54, 1.807) is 0 Å². The molecular weight excluding hydrogens is 388 g/mol. The van der Waals surface area contributed by atoms with Crippen LogP contribution in [-0.4, -0.2) is 49.4 Å². The molecule has 0 unspecified atom stereocenters. The van der Waals surface area contributed by atoms with Crippen molar-refractivity contribution >= 4 is 17.9 Å². The van der Waals surface area contributed by atoms with Crippen LogP contribution in [0.4, 0.5) is 0 Å². The second-order valence-corrected chi connectivity index (χ2v) is 7.96. The van der Waals surface area contributed by atoms with Gasteiger partial charge in [0.25, 0.3) is 0 Å². The van der Waals surface area contributed by atoms with Gasteiger partial charge in [0.15, 0.2) is 0 Å². The Kier molecular flexibility index (Phi) is 14.5. The lowest BCUT2D eigenvalue weighted by Crippen LogP contribution is -2.40. The molecule has 0 amide bonds. The first-order valence-electron chi connectivity index (χ1n) is 10.6. The van der Waals surface area contributed by atoms with Crippen molar-refractivity contribution in [3.63, 3.8) is 0 Å². The van der Waals surface area contributed by atoms with Crippen molar-refractivity contribution in [1.29, 1.82) is 0 Å². The molecule has 0 rings (SSSR count). The first-order chi connectivity index (χ1) is 14.1. The molecule has 0 atom stereocenters. The van der Waals surface area contributed by atoms with Gasteiger partial charge in [-0.1, -0.05) is 51.7 Å². The van der Waals surface area contributed by atoms with Crippen LogP contribution >= 0.6 is 0 Å². The molecule has 7 heteroatoms. The van der Waals surface area contributed by atoms with E-state index in [4.69, 9.17) is 19.3 Å². The Morgan fingerprint density at radius 2 is 1.13 bits per heavy atom. The molecule has 0 spiro atoms. The topological polar surface area (TPSA) is 99.1 Å². The van der Waals surface area contributed by atoms with Crippen LogP contribution in [0.25, 0.3) is 0 Å². The predicted molar refractivity (Wildman–Crippen MR) is 115 cm³/mol. The maximum atomic E-state index is 12.6. The molecule has 1 N–H and O–H groups in total. The van der Waals surface area contributed by atoms with Gasteiger partial charge in [-0.3, -0.25) is 4.79 Å². The molecule has 0 heterocycles. The molecule has 172 valence electrons. The van der Waals surface area contributed by atoms with Gasteiger partial charge in [0.05, 0.1) is 6.61 Å². The van der Waals surface area contributed by atoms with Crippen molar-refractivity contribution in [3.8, 4) is 0 Å². The lowest BCUT2D eigenvalue weighted by atomic mass is 9.93. The van der Waals surface area contributed by atoms with E-state index in [1.807, 2.05) is 0 Å². The molecule has 0 saturated heterocycles. The number of unbranched alkanes of at least 4 members (excludes halogenated alkanes) is 7. The van der Waals surface area contributed by atoms with Crippen molar-refractivity contribution < 1.29 is 33.7 Å². The molecule has 0 radical (unpaired) electrons. The molecule has 0 aliphatic carbocycles. The SMILES string of the molecule is C=C(C)C(=O)OCC(C)(COC(=O)C(=C)C)C(=O)OCCCCCCCCCCO. The monoisotopic (exact) mass is 426 g/mol. The average molecular weight is 427 g/mol. The number of hydrogen-bond acceptors (Lipinski definition) is 7. The minimum absolute atomic E-state index is 0.209. The van der Waals surface area contributed by atoms with Gasteiger partial charge in [0, 0.05) is 17.8 Å². The number of esters is 3. The summed E-state index contributed by atoms with van der Waals surface area (Å²) >= 11 is 0. The van der Waals surface area contributed by atoms with Crippen LogP contribution in [0.2, 0.25) is 0 Å². The van der Waals surface area contributed by atoms with Gasteiger partial charge >= 0.3 is 17.9 Å². The standard InChI is InChI=1S/C23H38O7/c1-18(2)20(25)29-16-23(5,17-30-21(26)19(3)4)22(27)28-15-13-11-9-7-6-8-10-12-14-24/h24H,1,3,6-17H2,2,4-5H3. The Bertz CT molecular complexity index is 550. The third-order valence-corrected chi connectivity index (χ3v) is 4.52. The first-order valence-corrected chi connectivity index (χ1v) is 10.6. The largest absolute Gasteiger partial charge is 0.465 e. The zero-order chi connectivity index (χ0) is 23.0. The van der Waals surface area contributed by atoms with E-state index in [0.717, 1.165) is 51.4 Å². The van der Waals surface area contributed by atoms with Crippen molar-refractivity contribution in [2.75, 3.05) is 26.4 Å². The van der Waals surface area contributed by atoms with Crippen molar-refractivity contribution in [3.05, 3.63) is 24.3 Å². The zero-order valence-corrected chi connectivity index (χ0v) is 18.8. The van der Waals surface area contributed by atoms with Crippen LogP contribution in [-0.2, 0) is 28.6 Å². The summed E-state index contributed by atoms with van der Waals surface area (Å²) in [5, 5.41) is 8.74. The lowest BCUT2D eigenvalue weighted by molar-refractivity contribution is -0.168. The number of aliphatic hydroxyl groups is 1. The molecule has 0 fully saturated rings. The highest BCUT2D eigenvalue weighted by atomic mass is 16.6. The summed E-state index contributed by atoms with van der Waals surface area (Å²) in [5.74, 6) is -1.84. The number of carbonyl (C=O) groups is 3. The van der Waals surface area contributed by atoms with Crippen LogP contribution in [0.5, 0.6) is 0 Å². The molecule has 0 aliphatic heterocycles. The summed E-state index contributed by atoms with van der Waals surface area (Å²) in [4.78, 5) is 36.0. The molecule has 0 aromatic rings. The summed E-state index contributed by atoms with van der Waals surface area (Å²) in [5.41, 5.74) is -0.898. The number of aliphatic hydroxyl groups excluding tert-OH is 1. The van der Waals surface area contributed by atoms with Gasteiger partial charge in [-0.25, -0.2) is 9.59 Å². The van der Waals surface area contributed by atoms with Gasteiger partial charge in [-0.05, 0) is 33.6 Å². The second-order valence-electron chi connectivity index (χ2n) is 7.96. The van der Waals surface area contributed by atoms with Crippen LogP contribution in [0.1, 0.15) is 72.1 Å². The van der Waals surface area contributed by atoms with Gasteiger partial charge in [0.1, 0.15) is 18.6 Å². The minimum atomic E-state index is -1.32. The molecule has 0 aromatic carbocycles. The first kappa shape index (κ1) is 27.8. The molecule has 30 heavy (non-hydrogen) atoms. The van der Waals surface area contributed by atoms with E-state index in [2.05, 4.69) is 13.2 Å². The summed E-state index contributed by atoms with van der Waals surface area (Å²) in [6.45, 7) is 11.5. The maximum Gasteiger partial charge on any atom is 0.333 e. The Labute approximate surface area is 180 Å². The highest BCUT2D eigenvalue weighted by Crippen LogP contribution is 2.22. The van der Waals surface area contributed by atoms with E-state index in [9.17, 15) is 14.4 Å². The number of rotatable bonds is 17. The summed E-state index contributed by atoms with van der Waals surface area (Å²) < 4.78 is 15.6. The fraction of sp³-hybridized carbons (Fsp3) is 0.696. The zero-order valence-electron chi connectivity index (χ0n) is 18.8. The van der Waals surface area contributed by atoms with E-state index in [1.165, 1.54) is 20.8 Å². The number of ether oxygens (including phenoxy) is 3. The van der Waals surface area contributed by atoms with E-state index < -0.39 is 23.3 Å². The number of carbonyl (C=O) groups excluding carboxylic acids is 3. The molecule has 0 bridgehead atoms. The van der Waals surface area contributed by atoms with Crippen LogP contribution in [0.15, 0.2) is 24.3 Å². The van der Waals surface area contributed by atoms with Gasteiger partial charge in [-0.15, -0.1) is 0 Å². The van der Waals surface area contributed by atoms with Crippen LogP contribution in [0, 0.1) is 5.41 Å². The summed E-state index contributed by atoms with van der Waals surface area (Å²) in [6, 6.07) is 0.